The van der Waals surface area contributed by atoms with Crippen LogP contribution in [0.3, 0.4) is 0 Å². The van der Waals surface area contributed by atoms with Crippen molar-refractivity contribution in [3.05, 3.63) is 60.1 Å². The van der Waals surface area contributed by atoms with Crippen LogP contribution in [0.15, 0.2) is 54.5 Å². The molecule has 2 aromatic rings. The van der Waals surface area contributed by atoms with Gasteiger partial charge < -0.3 is 25.2 Å². The van der Waals surface area contributed by atoms with Crippen LogP contribution < -0.4 is 25.3 Å². The molecular weight excluding hydrogens is 454 g/mol. The Hall–Kier alpha value is -3.43. The fourth-order valence-corrected chi connectivity index (χ4v) is 5.05. The quantitative estimate of drug-likeness (QED) is 0.621. The first-order chi connectivity index (χ1) is 17.6. The number of aromatic nitrogens is 2. The molecule has 1 unspecified atom stereocenters. The monoisotopic (exact) mass is 490 g/mol. The van der Waals surface area contributed by atoms with Crippen LogP contribution in [0.2, 0.25) is 0 Å². The van der Waals surface area contributed by atoms with Gasteiger partial charge in [-0.15, -0.1) is 0 Å². The number of hydrogen-bond donors (Lipinski definition) is 2. The van der Waals surface area contributed by atoms with Crippen LogP contribution in [-0.4, -0.2) is 73.7 Å². The summed E-state index contributed by atoms with van der Waals surface area (Å²) in [4.78, 5) is 27.1. The molecule has 1 aliphatic carbocycles. The van der Waals surface area contributed by atoms with E-state index in [1.165, 1.54) is 0 Å². The van der Waals surface area contributed by atoms with E-state index < -0.39 is 0 Å². The van der Waals surface area contributed by atoms with Gasteiger partial charge in [0.15, 0.2) is 0 Å². The Balaban J connectivity index is 1.14. The fraction of sp³-hybridized carbons (Fsp3) is 0.444. The van der Waals surface area contributed by atoms with E-state index in [0.717, 1.165) is 80.6 Å². The van der Waals surface area contributed by atoms with Gasteiger partial charge in [-0.25, -0.2) is 9.78 Å². The Kier molecular flexibility index (Phi) is 7.48. The molecule has 0 radical (unpaired) electrons. The van der Waals surface area contributed by atoms with Crippen molar-refractivity contribution >= 4 is 17.5 Å². The number of fused-ring (bicyclic) bond motifs is 1. The zero-order valence-corrected chi connectivity index (χ0v) is 21.2. The zero-order chi connectivity index (χ0) is 24.9. The number of hydrogen-bond acceptors (Lipinski definition) is 6. The Bertz CT molecular complexity index is 1140. The van der Waals surface area contributed by atoms with Crippen LogP contribution in [0, 0.1) is 5.92 Å². The van der Waals surface area contributed by atoms with E-state index in [-0.39, 0.29) is 6.03 Å². The van der Waals surface area contributed by atoms with Gasteiger partial charge in [0, 0.05) is 57.7 Å². The molecule has 9 heteroatoms. The number of urea groups is 1. The number of allylic oxidation sites excluding steroid dienone is 2. The third-order valence-electron chi connectivity index (χ3n) is 7.20. The highest BCUT2D eigenvalue weighted by molar-refractivity contribution is 5.95. The lowest BCUT2D eigenvalue weighted by Gasteiger charge is -2.35. The van der Waals surface area contributed by atoms with Crippen LogP contribution in [0.1, 0.15) is 18.9 Å². The first kappa shape index (κ1) is 24.3. The summed E-state index contributed by atoms with van der Waals surface area (Å²) < 4.78 is 5.96. The number of nitrogens with zero attached hydrogens (tertiary/aromatic N) is 4. The maximum Gasteiger partial charge on any atom is 0.326 e. The highest BCUT2D eigenvalue weighted by atomic mass is 16.5. The van der Waals surface area contributed by atoms with Gasteiger partial charge in [0.05, 0.1) is 6.07 Å². The molecule has 3 aliphatic rings. The second-order valence-corrected chi connectivity index (χ2v) is 9.52. The number of piperazine rings is 1. The van der Waals surface area contributed by atoms with Crippen molar-refractivity contribution in [1.82, 2.24) is 20.1 Å². The minimum atomic E-state index is -0.0893. The first-order valence-electron chi connectivity index (χ1n) is 12.9. The van der Waals surface area contributed by atoms with Crippen LogP contribution in [0.25, 0.3) is 0 Å². The third-order valence-corrected chi connectivity index (χ3v) is 7.20. The molecule has 1 atom stereocenters. The van der Waals surface area contributed by atoms with Gasteiger partial charge in [0.2, 0.25) is 5.82 Å². The summed E-state index contributed by atoms with van der Waals surface area (Å²) in [5, 5.41) is 6.09. The number of amides is 2. The van der Waals surface area contributed by atoms with Crippen LogP contribution in [0.4, 0.5) is 16.3 Å². The molecule has 3 N–H and O–H groups in total. The summed E-state index contributed by atoms with van der Waals surface area (Å²) in [6.07, 6.45) is 9.81. The molecule has 9 nitrogen and oxygen atoms in total. The Morgan fingerprint density at radius 3 is 2.75 bits per heavy atom. The van der Waals surface area contributed by atoms with Gasteiger partial charge >= 0.3 is 6.03 Å². The predicted molar refractivity (Wildman–Crippen MR) is 140 cm³/mol. The summed E-state index contributed by atoms with van der Waals surface area (Å²) in [6, 6.07) is 7.56. The zero-order valence-electron chi connectivity index (χ0n) is 21.2. The van der Waals surface area contributed by atoms with Gasteiger partial charge in [0.1, 0.15) is 5.75 Å². The summed E-state index contributed by atoms with van der Waals surface area (Å²) in [5.41, 5.74) is 2.91. The standard InChI is InChI=1S/C27H35N7O2/c1-3-32-12-14-33(15-13-32)18-20-4-6-22(7-5-20)31-27(35)34-11-10-21-16-23(8-9-24(21)34)36-26-17-25(28-2)29-19-30-26/h4,6-9,16-17,19-20H,3,5,10-15,18H2,1-2H3,(H,31,35)(H,28,29,30)/p+1. The Morgan fingerprint density at radius 2 is 2.00 bits per heavy atom. The van der Waals surface area contributed by atoms with Crippen molar-refractivity contribution in [3.63, 3.8) is 0 Å². The molecule has 0 spiro atoms. The lowest BCUT2D eigenvalue weighted by Crippen LogP contribution is -2.47. The number of benzene rings is 1. The minimum Gasteiger partial charge on any atom is -0.423 e. The number of rotatable bonds is 7. The number of aromatic amines is 1. The third kappa shape index (κ3) is 5.68. The molecule has 2 amide bonds. The normalized spacial score (nSPS) is 20.1. The van der Waals surface area contributed by atoms with E-state index in [0.29, 0.717) is 18.3 Å². The summed E-state index contributed by atoms with van der Waals surface area (Å²) in [7, 11) is 1.81. The van der Waals surface area contributed by atoms with Gasteiger partial charge in [0.25, 0.3) is 12.2 Å². The van der Waals surface area contributed by atoms with Crippen molar-refractivity contribution in [2.24, 2.45) is 5.92 Å². The molecule has 2 aliphatic heterocycles. The average molecular weight is 491 g/mol. The fourth-order valence-electron chi connectivity index (χ4n) is 5.05. The topological polar surface area (TPSA) is 87.1 Å². The van der Waals surface area contributed by atoms with Crippen molar-refractivity contribution in [2.45, 2.75) is 19.8 Å². The van der Waals surface area contributed by atoms with Crippen LogP contribution >= 0.6 is 0 Å². The van der Waals surface area contributed by atoms with E-state index >= 15 is 0 Å². The number of anilines is 2. The minimum absolute atomic E-state index is 0.0893. The average Bonchev–Trinajstić information content (AvgIpc) is 3.34. The van der Waals surface area contributed by atoms with E-state index in [4.69, 9.17) is 4.74 Å². The molecule has 1 aromatic carbocycles. The molecule has 0 bridgehead atoms. The molecule has 1 fully saturated rings. The smallest absolute Gasteiger partial charge is 0.326 e. The molecule has 36 heavy (non-hydrogen) atoms. The first-order valence-corrected chi connectivity index (χ1v) is 12.9. The maximum atomic E-state index is 13.1. The molecule has 0 saturated carbocycles. The number of carbonyl (C=O) groups is 1. The second kappa shape index (κ2) is 11.1. The number of nitrogens with one attached hydrogen (secondary N) is 3. The molecule has 1 aromatic heterocycles. The Morgan fingerprint density at radius 1 is 1.17 bits per heavy atom. The number of H-pyrrole nitrogens is 1. The molecular formula is C27H36N7O2+. The molecule has 3 heterocycles. The summed E-state index contributed by atoms with van der Waals surface area (Å²) in [6.45, 7) is 9.72. The van der Waals surface area contributed by atoms with Crippen molar-refractivity contribution in [2.75, 3.05) is 63.1 Å². The van der Waals surface area contributed by atoms with Crippen molar-refractivity contribution in [1.29, 1.82) is 0 Å². The lowest BCUT2D eigenvalue weighted by molar-refractivity contribution is -0.395. The Labute approximate surface area is 212 Å². The van der Waals surface area contributed by atoms with E-state index in [2.05, 4.69) is 55.6 Å². The molecule has 5 rings (SSSR count). The SMILES string of the molecule is CCN1CCN(CC2C=CC(NC(=O)N3CCc4cc(Oc5cc(NC)nc[nH+]5)ccc43)=CC2)CC1. The number of carbonyl (C=O) groups excluding carboxylic acids is 1. The van der Waals surface area contributed by atoms with Crippen LogP contribution in [-0.2, 0) is 6.42 Å². The highest BCUT2D eigenvalue weighted by Gasteiger charge is 2.26. The predicted octanol–water partition coefficient (Wildman–Crippen LogP) is 2.90. The van der Waals surface area contributed by atoms with Crippen molar-refractivity contribution < 1.29 is 14.5 Å². The van der Waals surface area contributed by atoms with Crippen molar-refractivity contribution in [3.8, 4) is 11.6 Å². The van der Waals surface area contributed by atoms with Gasteiger partial charge in [-0.05, 0) is 60.1 Å². The van der Waals surface area contributed by atoms with Crippen LogP contribution in [0.5, 0.6) is 11.6 Å². The van der Waals surface area contributed by atoms with Gasteiger partial charge in [-0.2, -0.15) is 0 Å². The number of ether oxygens (including phenoxy) is 1. The highest BCUT2D eigenvalue weighted by Crippen LogP contribution is 2.33. The second-order valence-electron chi connectivity index (χ2n) is 9.52. The summed E-state index contributed by atoms with van der Waals surface area (Å²) >= 11 is 0. The van der Waals surface area contributed by atoms with E-state index in [1.807, 2.05) is 30.1 Å². The lowest BCUT2D eigenvalue weighted by atomic mass is 9.98. The molecule has 190 valence electrons. The van der Waals surface area contributed by atoms with Gasteiger partial charge in [-0.1, -0.05) is 19.1 Å². The van der Waals surface area contributed by atoms with Gasteiger partial charge in [-0.3, -0.25) is 4.90 Å². The largest absolute Gasteiger partial charge is 0.423 e. The molecule has 1 saturated heterocycles. The summed E-state index contributed by atoms with van der Waals surface area (Å²) in [5.74, 6) is 2.55. The maximum absolute atomic E-state index is 13.1. The number of likely N-dealkylation sites (N-methyl/N-ethyl adjacent to an activating group) is 1. The van der Waals surface area contributed by atoms with E-state index in [9.17, 15) is 4.79 Å². The van der Waals surface area contributed by atoms with E-state index in [1.54, 1.807) is 12.4 Å².